The van der Waals surface area contributed by atoms with Crippen LogP contribution in [0.1, 0.15) is 54.3 Å². The first kappa shape index (κ1) is 24.8. The Kier molecular flexibility index (Phi) is 9.94. The van der Waals surface area contributed by atoms with Crippen LogP contribution in [0.25, 0.3) is 0 Å². The lowest BCUT2D eigenvalue weighted by molar-refractivity contribution is 0.0772. The molecule has 0 saturated heterocycles. The number of nitrogens with zero attached hydrogens (tertiary/aromatic N) is 1. The Bertz CT molecular complexity index is 915. The zero-order valence-corrected chi connectivity index (χ0v) is 20.4. The van der Waals surface area contributed by atoms with Gasteiger partial charge in [0, 0.05) is 28.8 Å². The van der Waals surface area contributed by atoms with Gasteiger partial charge in [0.25, 0.3) is 11.8 Å². The summed E-state index contributed by atoms with van der Waals surface area (Å²) in [7, 11) is 0. The summed E-state index contributed by atoms with van der Waals surface area (Å²) >= 11 is 8.68. The number of ether oxygens (including phenoxy) is 1. The van der Waals surface area contributed by atoms with E-state index in [-0.39, 0.29) is 16.9 Å². The summed E-state index contributed by atoms with van der Waals surface area (Å²) in [5.74, 6) is 0.132. The van der Waals surface area contributed by atoms with E-state index in [0.717, 1.165) is 17.3 Å². The number of rotatable bonds is 9. The first-order chi connectivity index (χ1) is 14.9. The molecule has 0 heterocycles. The molecule has 166 valence electrons. The molecule has 0 atom stereocenters. The van der Waals surface area contributed by atoms with Gasteiger partial charge in [0.1, 0.15) is 5.75 Å². The molecule has 0 aromatic heterocycles. The van der Waals surface area contributed by atoms with Gasteiger partial charge in [0.15, 0.2) is 5.11 Å². The Hall–Kier alpha value is -2.45. The number of halogens is 1. The van der Waals surface area contributed by atoms with Crippen LogP contribution in [-0.4, -0.2) is 41.5 Å². The van der Waals surface area contributed by atoms with E-state index in [9.17, 15) is 9.59 Å². The van der Waals surface area contributed by atoms with Crippen molar-refractivity contribution in [3.63, 3.8) is 0 Å². The van der Waals surface area contributed by atoms with E-state index in [1.165, 1.54) is 0 Å². The Balaban J connectivity index is 2.02. The van der Waals surface area contributed by atoms with Crippen LogP contribution in [0.5, 0.6) is 5.75 Å². The minimum atomic E-state index is -0.362. The van der Waals surface area contributed by atoms with Crippen molar-refractivity contribution in [1.82, 2.24) is 10.2 Å². The predicted molar refractivity (Wildman–Crippen MR) is 132 cm³/mol. The SMILES string of the molecule is CCCCOc1ccc(Br)cc1C(=O)NC(=S)Nc1ccc(C(=O)N(CC)CC)cc1. The zero-order valence-electron chi connectivity index (χ0n) is 18.0. The van der Waals surface area contributed by atoms with Crippen molar-refractivity contribution < 1.29 is 14.3 Å². The number of hydrogen-bond donors (Lipinski definition) is 2. The molecular weight excluding hydrogens is 478 g/mol. The largest absolute Gasteiger partial charge is 0.493 e. The summed E-state index contributed by atoms with van der Waals surface area (Å²) < 4.78 is 6.52. The second-order valence-electron chi connectivity index (χ2n) is 6.81. The topological polar surface area (TPSA) is 70.7 Å². The minimum Gasteiger partial charge on any atom is -0.493 e. The maximum absolute atomic E-state index is 12.7. The third-order valence-corrected chi connectivity index (χ3v) is 5.31. The summed E-state index contributed by atoms with van der Waals surface area (Å²) in [6.07, 6.45) is 1.91. The van der Waals surface area contributed by atoms with Gasteiger partial charge in [-0.25, -0.2) is 0 Å². The molecule has 0 aliphatic rings. The molecule has 0 fully saturated rings. The van der Waals surface area contributed by atoms with Crippen LogP contribution in [-0.2, 0) is 0 Å². The van der Waals surface area contributed by atoms with Crippen LogP contribution < -0.4 is 15.4 Å². The van der Waals surface area contributed by atoms with Crippen LogP contribution in [0.2, 0.25) is 0 Å². The van der Waals surface area contributed by atoms with Crippen molar-refractivity contribution in [2.45, 2.75) is 33.6 Å². The molecule has 8 heteroatoms. The van der Waals surface area contributed by atoms with Gasteiger partial charge in [0.2, 0.25) is 0 Å². The van der Waals surface area contributed by atoms with Crippen LogP contribution in [0.15, 0.2) is 46.9 Å². The average Bonchev–Trinajstić information content (AvgIpc) is 2.76. The Labute approximate surface area is 197 Å². The Morgan fingerprint density at radius 2 is 1.74 bits per heavy atom. The van der Waals surface area contributed by atoms with Crippen molar-refractivity contribution in [3.8, 4) is 5.75 Å². The van der Waals surface area contributed by atoms with Crippen molar-refractivity contribution in [2.75, 3.05) is 25.0 Å². The maximum atomic E-state index is 12.7. The molecule has 0 saturated carbocycles. The summed E-state index contributed by atoms with van der Waals surface area (Å²) in [5.41, 5.74) is 1.68. The summed E-state index contributed by atoms with van der Waals surface area (Å²) in [6, 6.07) is 12.3. The lowest BCUT2D eigenvalue weighted by atomic mass is 10.1. The standard InChI is InChI=1S/C23H28BrN3O3S/c1-4-7-14-30-20-13-10-17(24)15-19(20)21(28)26-23(31)25-18-11-8-16(9-12-18)22(29)27(5-2)6-3/h8-13,15H,4-7,14H2,1-3H3,(H2,25,26,28,31). The second-order valence-corrected chi connectivity index (χ2v) is 8.13. The third kappa shape index (κ3) is 7.33. The fourth-order valence-corrected chi connectivity index (χ4v) is 3.43. The Morgan fingerprint density at radius 3 is 2.35 bits per heavy atom. The van der Waals surface area contributed by atoms with E-state index >= 15 is 0 Å². The predicted octanol–water partition coefficient (Wildman–Crippen LogP) is 5.24. The Morgan fingerprint density at radius 1 is 1.06 bits per heavy atom. The first-order valence-electron chi connectivity index (χ1n) is 10.3. The van der Waals surface area contributed by atoms with E-state index < -0.39 is 0 Å². The molecule has 0 unspecified atom stereocenters. The van der Waals surface area contributed by atoms with Crippen molar-refractivity contribution in [3.05, 3.63) is 58.1 Å². The molecule has 2 rings (SSSR count). The lowest BCUT2D eigenvalue weighted by Gasteiger charge is -2.18. The molecule has 0 radical (unpaired) electrons. The van der Waals surface area contributed by atoms with Gasteiger partial charge in [-0.1, -0.05) is 29.3 Å². The third-order valence-electron chi connectivity index (χ3n) is 4.61. The first-order valence-corrected chi connectivity index (χ1v) is 11.5. The highest BCUT2D eigenvalue weighted by Gasteiger charge is 2.16. The van der Waals surface area contributed by atoms with E-state index in [4.69, 9.17) is 17.0 Å². The fourth-order valence-electron chi connectivity index (χ4n) is 2.85. The summed E-state index contributed by atoms with van der Waals surface area (Å²) in [4.78, 5) is 26.9. The molecule has 0 aliphatic heterocycles. The van der Waals surface area contributed by atoms with Crippen LogP contribution in [0.4, 0.5) is 5.69 Å². The smallest absolute Gasteiger partial charge is 0.261 e. The quantitative estimate of drug-likeness (QED) is 0.360. The molecular formula is C23H28BrN3O3S. The van der Waals surface area contributed by atoms with E-state index in [0.29, 0.717) is 42.3 Å². The number of carbonyl (C=O) groups excluding carboxylic acids is 2. The van der Waals surface area contributed by atoms with Crippen LogP contribution >= 0.6 is 28.1 Å². The van der Waals surface area contributed by atoms with Gasteiger partial charge in [-0.05, 0) is 75.0 Å². The number of thiocarbonyl (C=S) groups is 1. The molecule has 0 spiro atoms. The molecule has 6 nitrogen and oxygen atoms in total. The van der Waals surface area contributed by atoms with Crippen molar-refractivity contribution in [2.24, 2.45) is 0 Å². The molecule has 31 heavy (non-hydrogen) atoms. The van der Waals surface area contributed by atoms with E-state index in [2.05, 4.69) is 33.5 Å². The summed E-state index contributed by atoms with van der Waals surface area (Å²) in [5, 5.41) is 5.82. The second kappa shape index (κ2) is 12.4. The number of amides is 2. The van der Waals surface area contributed by atoms with Gasteiger partial charge < -0.3 is 15.0 Å². The number of hydrogen-bond acceptors (Lipinski definition) is 4. The summed E-state index contributed by atoms with van der Waals surface area (Å²) in [6.45, 7) is 7.83. The maximum Gasteiger partial charge on any atom is 0.261 e. The molecule has 0 bridgehead atoms. The normalized spacial score (nSPS) is 10.3. The van der Waals surface area contributed by atoms with Gasteiger partial charge in [-0.2, -0.15) is 0 Å². The number of benzene rings is 2. The number of anilines is 1. The highest BCUT2D eigenvalue weighted by atomic mass is 79.9. The van der Waals surface area contributed by atoms with Gasteiger partial charge in [-0.3, -0.25) is 14.9 Å². The minimum absolute atomic E-state index is 0.0160. The highest BCUT2D eigenvalue weighted by molar-refractivity contribution is 9.10. The zero-order chi connectivity index (χ0) is 22.8. The molecule has 0 aliphatic carbocycles. The average molecular weight is 506 g/mol. The van der Waals surface area contributed by atoms with Crippen LogP contribution in [0.3, 0.4) is 0 Å². The molecule has 2 amide bonds. The van der Waals surface area contributed by atoms with E-state index in [1.807, 2.05) is 19.9 Å². The van der Waals surface area contributed by atoms with Crippen molar-refractivity contribution >= 4 is 50.8 Å². The van der Waals surface area contributed by atoms with Gasteiger partial charge in [0.05, 0.1) is 12.2 Å². The lowest BCUT2D eigenvalue weighted by Crippen LogP contribution is -2.34. The number of unbranched alkanes of at least 4 members (excludes halogenated alkanes) is 1. The molecule has 2 N–H and O–H groups in total. The number of carbonyl (C=O) groups is 2. The molecule has 2 aromatic carbocycles. The fraction of sp³-hybridized carbons (Fsp3) is 0.348. The highest BCUT2D eigenvalue weighted by Crippen LogP contribution is 2.23. The number of nitrogens with one attached hydrogen (secondary N) is 2. The van der Waals surface area contributed by atoms with Gasteiger partial charge >= 0.3 is 0 Å². The van der Waals surface area contributed by atoms with E-state index in [1.54, 1.807) is 41.3 Å². The monoisotopic (exact) mass is 505 g/mol. The molecule has 2 aromatic rings. The van der Waals surface area contributed by atoms with Crippen LogP contribution in [0, 0.1) is 0 Å². The van der Waals surface area contributed by atoms with Crippen molar-refractivity contribution in [1.29, 1.82) is 0 Å². The van der Waals surface area contributed by atoms with Gasteiger partial charge in [-0.15, -0.1) is 0 Å².